The fraction of sp³-hybridized carbons (Fsp3) is 0.375. The number of ether oxygens (including phenoxy) is 2. The average molecular weight is 234 g/mol. The predicted molar refractivity (Wildman–Crippen MR) is 49.1 cm³/mol. The fourth-order valence-corrected chi connectivity index (χ4v) is 0.996. The van der Waals surface area contributed by atoms with Gasteiger partial charge in [-0.3, -0.25) is 0 Å². The van der Waals surface area contributed by atoms with Crippen LogP contribution in [0.5, 0.6) is 5.95 Å². The highest BCUT2D eigenvalue weighted by Crippen LogP contribution is 2.23. The van der Waals surface area contributed by atoms with Gasteiger partial charge in [-0.25, -0.2) is 9.59 Å². The summed E-state index contributed by atoms with van der Waals surface area (Å²) in [5, 5.41) is 3.46. The molecule has 0 aliphatic heterocycles. The van der Waals surface area contributed by atoms with Crippen molar-refractivity contribution in [1.29, 1.82) is 0 Å². The van der Waals surface area contributed by atoms with Gasteiger partial charge in [0.25, 0.3) is 0 Å². The third kappa shape index (κ3) is 2.69. The van der Waals surface area contributed by atoms with Crippen LogP contribution < -0.4 is 4.74 Å². The highest BCUT2D eigenvalue weighted by atomic mass is 35.5. The first kappa shape index (κ1) is 11.5. The molecule has 82 valence electrons. The summed E-state index contributed by atoms with van der Waals surface area (Å²) in [4.78, 5) is 21.8. The van der Waals surface area contributed by atoms with Crippen molar-refractivity contribution in [2.24, 2.45) is 0 Å². The molecular formula is C8H8ClNO5. The summed E-state index contributed by atoms with van der Waals surface area (Å²) in [5.41, 5.74) is -0.885. The molecule has 0 saturated heterocycles. The van der Waals surface area contributed by atoms with Gasteiger partial charge in [-0.05, 0) is 13.8 Å². The molecule has 0 radical (unpaired) electrons. The van der Waals surface area contributed by atoms with E-state index in [2.05, 4.69) is 14.4 Å². The standard InChI is InChI=1S/C8H8ClNO5/c1-3-13-6(11)5-4(2)10-15-7(5)14-8(9)12/h3H2,1-2H3. The minimum Gasteiger partial charge on any atom is -0.462 e. The van der Waals surface area contributed by atoms with Crippen molar-refractivity contribution < 1.29 is 23.6 Å². The largest absolute Gasteiger partial charge is 0.462 e. The topological polar surface area (TPSA) is 78.6 Å². The molecule has 7 heteroatoms. The van der Waals surface area contributed by atoms with Crippen molar-refractivity contribution in [1.82, 2.24) is 5.16 Å². The summed E-state index contributed by atoms with van der Waals surface area (Å²) in [6.45, 7) is 3.35. The Bertz CT molecular complexity index is 386. The summed E-state index contributed by atoms with van der Waals surface area (Å²) in [6.07, 6.45) is 0. The van der Waals surface area contributed by atoms with Crippen molar-refractivity contribution in [3.05, 3.63) is 11.3 Å². The van der Waals surface area contributed by atoms with Crippen LogP contribution in [0, 0.1) is 6.92 Å². The Kier molecular flexibility index (Phi) is 3.68. The third-order valence-electron chi connectivity index (χ3n) is 1.48. The van der Waals surface area contributed by atoms with E-state index in [0.29, 0.717) is 0 Å². The van der Waals surface area contributed by atoms with Crippen LogP contribution in [0.3, 0.4) is 0 Å². The first-order chi connectivity index (χ1) is 7.06. The fourth-order valence-electron chi connectivity index (χ4n) is 0.926. The van der Waals surface area contributed by atoms with Crippen LogP contribution >= 0.6 is 11.6 Å². The smallest absolute Gasteiger partial charge is 0.411 e. The van der Waals surface area contributed by atoms with Crippen molar-refractivity contribution >= 4 is 23.0 Å². The van der Waals surface area contributed by atoms with E-state index in [0.717, 1.165) is 0 Å². The van der Waals surface area contributed by atoms with E-state index in [1.165, 1.54) is 6.92 Å². The van der Waals surface area contributed by atoms with Crippen LogP contribution in [0.4, 0.5) is 4.79 Å². The van der Waals surface area contributed by atoms with E-state index >= 15 is 0 Å². The monoisotopic (exact) mass is 233 g/mol. The van der Waals surface area contributed by atoms with Crippen LogP contribution in [-0.2, 0) is 4.74 Å². The SMILES string of the molecule is CCOC(=O)c1c(C)noc1OC(=O)Cl. The number of hydrogen-bond donors (Lipinski definition) is 0. The molecule has 1 heterocycles. The number of carbonyl (C=O) groups excluding carboxylic acids is 2. The lowest BCUT2D eigenvalue weighted by atomic mass is 10.2. The number of halogens is 1. The van der Waals surface area contributed by atoms with E-state index in [4.69, 9.17) is 16.3 Å². The van der Waals surface area contributed by atoms with Gasteiger partial charge in [0.15, 0.2) is 5.56 Å². The maximum absolute atomic E-state index is 11.4. The van der Waals surface area contributed by atoms with Gasteiger partial charge in [0.2, 0.25) is 0 Å². The van der Waals surface area contributed by atoms with Gasteiger partial charge in [-0.1, -0.05) is 5.16 Å². The van der Waals surface area contributed by atoms with E-state index < -0.39 is 11.4 Å². The number of nitrogens with zero attached hydrogens (tertiary/aromatic N) is 1. The third-order valence-corrected chi connectivity index (χ3v) is 1.56. The molecule has 15 heavy (non-hydrogen) atoms. The molecular weight excluding hydrogens is 226 g/mol. The van der Waals surface area contributed by atoms with Gasteiger partial charge in [0, 0.05) is 11.6 Å². The Balaban J connectivity index is 2.98. The van der Waals surface area contributed by atoms with Gasteiger partial charge in [-0.2, -0.15) is 0 Å². The lowest BCUT2D eigenvalue weighted by molar-refractivity contribution is 0.0521. The molecule has 0 saturated carbocycles. The maximum Gasteiger partial charge on any atom is 0.411 e. The number of carbonyl (C=O) groups is 2. The van der Waals surface area contributed by atoms with Crippen molar-refractivity contribution in [3.63, 3.8) is 0 Å². The summed E-state index contributed by atoms with van der Waals surface area (Å²) in [7, 11) is 0. The molecule has 0 spiro atoms. The first-order valence-corrected chi connectivity index (χ1v) is 4.44. The Labute approximate surface area is 90.1 Å². The minimum atomic E-state index is -1.11. The number of aryl methyl sites for hydroxylation is 1. The molecule has 6 nitrogen and oxygen atoms in total. The lowest BCUT2D eigenvalue weighted by Crippen LogP contribution is -2.08. The normalized spacial score (nSPS) is 9.80. The van der Waals surface area contributed by atoms with Crippen molar-refractivity contribution in [2.75, 3.05) is 6.61 Å². The summed E-state index contributed by atoms with van der Waals surface area (Å²) in [6, 6.07) is 0. The Hall–Kier alpha value is -1.56. The molecule has 0 bridgehead atoms. The van der Waals surface area contributed by atoms with E-state index in [1.54, 1.807) is 6.92 Å². The quantitative estimate of drug-likeness (QED) is 0.586. The Morgan fingerprint density at radius 2 is 2.20 bits per heavy atom. The van der Waals surface area contributed by atoms with E-state index in [-0.39, 0.29) is 23.8 Å². The van der Waals surface area contributed by atoms with E-state index in [1.807, 2.05) is 0 Å². The summed E-state index contributed by atoms with van der Waals surface area (Å²) >= 11 is 4.97. The molecule has 0 atom stereocenters. The number of aromatic nitrogens is 1. The first-order valence-electron chi connectivity index (χ1n) is 4.07. The van der Waals surface area contributed by atoms with Gasteiger partial charge in [0.1, 0.15) is 0 Å². The molecule has 0 aliphatic rings. The molecule has 0 fully saturated rings. The van der Waals surface area contributed by atoms with Crippen LogP contribution in [0.1, 0.15) is 23.0 Å². The van der Waals surface area contributed by atoms with Crippen LogP contribution in [-0.4, -0.2) is 23.2 Å². The summed E-state index contributed by atoms with van der Waals surface area (Å²) in [5.74, 6) is -1.03. The molecule has 0 N–H and O–H groups in total. The second-order valence-electron chi connectivity index (χ2n) is 2.49. The van der Waals surface area contributed by atoms with Crippen molar-refractivity contribution in [3.8, 4) is 5.95 Å². The molecule has 1 aromatic rings. The molecule has 1 aromatic heterocycles. The molecule has 0 unspecified atom stereocenters. The molecule has 0 aliphatic carbocycles. The molecule has 0 amide bonds. The zero-order chi connectivity index (χ0) is 11.4. The lowest BCUT2D eigenvalue weighted by Gasteiger charge is -2.00. The average Bonchev–Trinajstić information content (AvgIpc) is 2.46. The number of rotatable bonds is 3. The molecule has 1 rings (SSSR count). The molecule has 0 aromatic carbocycles. The predicted octanol–water partition coefficient (Wildman–Crippen LogP) is 1.90. The highest BCUT2D eigenvalue weighted by Gasteiger charge is 2.24. The number of esters is 1. The van der Waals surface area contributed by atoms with Crippen LogP contribution in [0.2, 0.25) is 0 Å². The highest BCUT2D eigenvalue weighted by molar-refractivity contribution is 6.61. The second kappa shape index (κ2) is 4.79. The van der Waals surface area contributed by atoms with Gasteiger partial charge < -0.3 is 14.0 Å². The second-order valence-corrected chi connectivity index (χ2v) is 2.80. The summed E-state index contributed by atoms with van der Waals surface area (Å²) < 4.78 is 13.7. The minimum absolute atomic E-state index is 0.0362. The van der Waals surface area contributed by atoms with Gasteiger partial charge in [0.05, 0.1) is 12.3 Å². The van der Waals surface area contributed by atoms with E-state index in [9.17, 15) is 9.59 Å². The van der Waals surface area contributed by atoms with Crippen molar-refractivity contribution in [2.45, 2.75) is 13.8 Å². The van der Waals surface area contributed by atoms with Gasteiger partial charge >= 0.3 is 17.3 Å². The zero-order valence-corrected chi connectivity index (χ0v) is 8.83. The number of hydrogen-bond acceptors (Lipinski definition) is 6. The van der Waals surface area contributed by atoms with Crippen LogP contribution in [0.25, 0.3) is 0 Å². The van der Waals surface area contributed by atoms with Crippen LogP contribution in [0.15, 0.2) is 4.52 Å². The maximum atomic E-state index is 11.4. The van der Waals surface area contributed by atoms with Gasteiger partial charge in [-0.15, -0.1) is 0 Å². The zero-order valence-electron chi connectivity index (χ0n) is 8.07. The Morgan fingerprint density at radius 1 is 1.53 bits per heavy atom. The Morgan fingerprint density at radius 3 is 2.73 bits per heavy atom.